The summed E-state index contributed by atoms with van der Waals surface area (Å²) in [5.74, 6) is -1.12. The standard InChI is InChI=1S/C16H32N2O3/c1-4-5-6-7-8-9-10-11-12-17-16(21)18-14(13(2)3)15(19)20/h13-14H,4-12H2,1-3H3,(H,19,20)(H2,17,18,21). The molecule has 2 amide bonds. The molecule has 0 fully saturated rings. The molecule has 0 aliphatic heterocycles. The highest BCUT2D eigenvalue weighted by Gasteiger charge is 2.22. The second kappa shape index (κ2) is 12.5. The van der Waals surface area contributed by atoms with Crippen LogP contribution in [0.4, 0.5) is 4.79 Å². The van der Waals surface area contributed by atoms with Crippen LogP contribution in [0.2, 0.25) is 0 Å². The fraction of sp³-hybridized carbons (Fsp3) is 0.875. The first-order valence-corrected chi connectivity index (χ1v) is 8.26. The molecule has 0 bridgehead atoms. The van der Waals surface area contributed by atoms with Crippen molar-refractivity contribution in [1.82, 2.24) is 10.6 Å². The van der Waals surface area contributed by atoms with E-state index in [1.807, 2.05) is 0 Å². The summed E-state index contributed by atoms with van der Waals surface area (Å²) in [4.78, 5) is 22.5. The Hall–Kier alpha value is -1.26. The molecule has 5 heteroatoms. The molecule has 0 saturated heterocycles. The summed E-state index contributed by atoms with van der Waals surface area (Å²) in [6.45, 7) is 6.37. The molecule has 0 spiro atoms. The maximum absolute atomic E-state index is 11.6. The van der Waals surface area contributed by atoms with Crippen LogP contribution >= 0.6 is 0 Å². The van der Waals surface area contributed by atoms with Gasteiger partial charge in [0, 0.05) is 6.54 Å². The lowest BCUT2D eigenvalue weighted by atomic mass is 10.1. The van der Waals surface area contributed by atoms with Crippen molar-refractivity contribution in [2.24, 2.45) is 5.92 Å². The number of carbonyl (C=O) groups is 2. The van der Waals surface area contributed by atoms with Gasteiger partial charge >= 0.3 is 12.0 Å². The number of carbonyl (C=O) groups excluding carboxylic acids is 1. The Kier molecular flexibility index (Phi) is 11.7. The minimum atomic E-state index is -0.993. The SMILES string of the molecule is CCCCCCCCCCNC(=O)NC(C(=O)O)C(C)C. The third-order valence-electron chi connectivity index (χ3n) is 3.54. The van der Waals surface area contributed by atoms with Gasteiger partial charge in [-0.15, -0.1) is 0 Å². The highest BCUT2D eigenvalue weighted by Crippen LogP contribution is 2.07. The van der Waals surface area contributed by atoms with Crippen molar-refractivity contribution in [1.29, 1.82) is 0 Å². The molecule has 0 rings (SSSR count). The predicted molar refractivity (Wildman–Crippen MR) is 85.4 cm³/mol. The van der Waals surface area contributed by atoms with E-state index in [9.17, 15) is 9.59 Å². The number of urea groups is 1. The molecule has 0 heterocycles. The van der Waals surface area contributed by atoms with Gasteiger partial charge in [0.15, 0.2) is 0 Å². The molecule has 5 nitrogen and oxygen atoms in total. The number of hydrogen-bond donors (Lipinski definition) is 3. The summed E-state index contributed by atoms with van der Waals surface area (Å²) in [5, 5.41) is 14.2. The number of aliphatic carboxylic acids is 1. The van der Waals surface area contributed by atoms with Crippen molar-refractivity contribution >= 4 is 12.0 Å². The van der Waals surface area contributed by atoms with Crippen LogP contribution in [-0.2, 0) is 4.79 Å². The van der Waals surface area contributed by atoms with Crippen molar-refractivity contribution in [2.45, 2.75) is 78.2 Å². The Bertz CT molecular complexity index is 293. The van der Waals surface area contributed by atoms with Crippen molar-refractivity contribution in [2.75, 3.05) is 6.54 Å². The molecule has 3 N–H and O–H groups in total. The van der Waals surface area contributed by atoms with Crippen molar-refractivity contribution in [3.8, 4) is 0 Å². The minimum absolute atomic E-state index is 0.128. The van der Waals surface area contributed by atoms with Crippen LogP contribution in [0.3, 0.4) is 0 Å². The van der Waals surface area contributed by atoms with Crippen LogP contribution in [0.25, 0.3) is 0 Å². The van der Waals surface area contributed by atoms with Crippen LogP contribution in [0.5, 0.6) is 0 Å². The molecule has 0 aliphatic carbocycles. The first-order valence-electron chi connectivity index (χ1n) is 8.26. The zero-order chi connectivity index (χ0) is 16.1. The summed E-state index contributed by atoms with van der Waals surface area (Å²) in [7, 11) is 0. The highest BCUT2D eigenvalue weighted by molar-refractivity contribution is 5.82. The summed E-state index contributed by atoms with van der Waals surface area (Å²) in [6, 6.07) is -1.22. The van der Waals surface area contributed by atoms with Gasteiger partial charge in [0.05, 0.1) is 0 Å². The van der Waals surface area contributed by atoms with Gasteiger partial charge in [-0.1, -0.05) is 65.7 Å². The lowest BCUT2D eigenvalue weighted by Gasteiger charge is -2.18. The van der Waals surface area contributed by atoms with Crippen LogP contribution < -0.4 is 10.6 Å². The Morgan fingerprint density at radius 1 is 0.952 bits per heavy atom. The van der Waals surface area contributed by atoms with Crippen LogP contribution in [-0.4, -0.2) is 29.7 Å². The van der Waals surface area contributed by atoms with E-state index in [0.29, 0.717) is 6.54 Å². The number of carboxylic acid groups (broad SMARTS) is 1. The Morgan fingerprint density at radius 2 is 1.48 bits per heavy atom. The molecule has 0 aromatic carbocycles. The van der Waals surface area contributed by atoms with E-state index in [1.54, 1.807) is 13.8 Å². The van der Waals surface area contributed by atoms with E-state index < -0.39 is 12.0 Å². The average Bonchev–Trinajstić information content (AvgIpc) is 2.42. The fourth-order valence-corrected chi connectivity index (χ4v) is 2.17. The van der Waals surface area contributed by atoms with Crippen LogP contribution in [0.15, 0.2) is 0 Å². The minimum Gasteiger partial charge on any atom is -0.480 e. The fourth-order valence-electron chi connectivity index (χ4n) is 2.17. The summed E-state index contributed by atoms with van der Waals surface area (Å²) >= 11 is 0. The second-order valence-corrected chi connectivity index (χ2v) is 5.94. The van der Waals surface area contributed by atoms with Gasteiger partial charge < -0.3 is 15.7 Å². The molecule has 0 aliphatic rings. The number of nitrogens with one attached hydrogen (secondary N) is 2. The molecule has 0 aromatic heterocycles. The van der Waals surface area contributed by atoms with E-state index in [4.69, 9.17) is 5.11 Å². The van der Waals surface area contributed by atoms with E-state index in [-0.39, 0.29) is 11.9 Å². The Labute approximate surface area is 128 Å². The molecule has 1 unspecified atom stereocenters. The van der Waals surface area contributed by atoms with Gasteiger partial charge in [0.25, 0.3) is 0 Å². The molecule has 0 aromatic rings. The van der Waals surface area contributed by atoms with Gasteiger partial charge in [0.1, 0.15) is 6.04 Å². The highest BCUT2D eigenvalue weighted by atomic mass is 16.4. The summed E-state index contributed by atoms with van der Waals surface area (Å²) < 4.78 is 0. The number of rotatable bonds is 12. The van der Waals surface area contributed by atoms with Gasteiger partial charge in [-0.05, 0) is 12.3 Å². The largest absolute Gasteiger partial charge is 0.480 e. The summed E-state index contributed by atoms with van der Waals surface area (Å²) in [6.07, 6.45) is 9.74. The monoisotopic (exact) mass is 300 g/mol. The van der Waals surface area contributed by atoms with Gasteiger partial charge in [-0.25, -0.2) is 9.59 Å². The van der Waals surface area contributed by atoms with E-state index in [0.717, 1.165) is 12.8 Å². The molecular weight excluding hydrogens is 268 g/mol. The van der Waals surface area contributed by atoms with E-state index >= 15 is 0 Å². The Balaban J connectivity index is 3.55. The van der Waals surface area contributed by atoms with Gasteiger partial charge in [-0.2, -0.15) is 0 Å². The first-order chi connectivity index (χ1) is 9.99. The van der Waals surface area contributed by atoms with E-state index in [1.165, 1.54) is 38.5 Å². The number of unbranched alkanes of at least 4 members (excludes halogenated alkanes) is 7. The van der Waals surface area contributed by atoms with Crippen molar-refractivity contribution in [3.05, 3.63) is 0 Å². The normalized spacial score (nSPS) is 12.2. The molecule has 1 atom stereocenters. The number of carboxylic acids is 1. The molecule has 0 saturated carbocycles. The quantitative estimate of drug-likeness (QED) is 0.482. The van der Waals surface area contributed by atoms with E-state index in [2.05, 4.69) is 17.6 Å². The first kappa shape index (κ1) is 19.7. The van der Waals surface area contributed by atoms with Gasteiger partial charge in [-0.3, -0.25) is 0 Å². The topological polar surface area (TPSA) is 78.4 Å². The third-order valence-corrected chi connectivity index (χ3v) is 3.54. The zero-order valence-electron chi connectivity index (χ0n) is 13.8. The van der Waals surface area contributed by atoms with Crippen LogP contribution in [0.1, 0.15) is 72.1 Å². The lowest BCUT2D eigenvalue weighted by molar-refractivity contribution is -0.140. The average molecular weight is 300 g/mol. The number of hydrogen-bond acceptors (Lipinski definition) is 2. The Morgan fingerprint density at radius 3 is 1.95 bits per heavy atom. The maximum atomic E-state index is 11.6. The molecule has 21 heavy (non-hydrogen) atoms. The summed E-state index contributed by atoms with van der Waals surface area (Å²) in [5.41, 5.74) is 0. The zero-order valence-corrected chi connectivity index (χ0v) is 13.8. The predicted octanol–water partition coefficient (Wildman–Crippen LogP) is 3.54. The lowest BCUT2D eigenvalue weighted by Crippen LogP contribution is -2.48. The number of amides is 2. The third kappa shape index (κ3) is 11.1. The van der Waals surface area contributed by atoms with Crippen molar-refractivity contribution < 1.29 is 14.7 Å². The molecular formula is C16H32N2O3. The smallest absolute Gasteiger partial charge is 0.326 e. The van der Waals surface area contributed by atoms with Crippen LogP contribution in [0, 0.1) is 5.92 Å². The van der Waals surface area contributed by atoms with Gasteiger partial charge in [0.2, 0.25) is 0 Å². The second-order valence-electron chi connectivity index (χ2n) is 5.94. The molecule has 124 valence electrons. The van der Waals surface area contributed by atoms with Crippen molar-refractivity contribution in [3.63, 3.8) is 0 Å². The maximum Gasteiger partial charge on any atom is 0.326 e. The molecule has 0 radical (unpaired) electrons.